The van der Waals surface area contributed by atoms with Crippen molar-refractivity contribution in [2.75, 3.05) is 14.7 Å². The van der Waals surface area contributed by atoms with E-state index in [0.717, 1.165) is 102 Å². The number of aromatic nitrogens is 3. The molecule has 19 aromatic rings. The maximum Gasteiger partial charge on any atom is 0.252 e. The zero-order valence-electron chi connectivity index (χ0n) is 69.8. The van der Waals surface area contributed by atoms with Crippen molar-refractivity contribution in [2.24, 2.45) is 0 Å². The van der Waals surface area contributed by atoms with Gasteiger partial charge in [0.05, 0.1) is 38.8 Å². The molecule has 0 fully saturated rings. The van der Waals surface area contributed by atoms with Crippen LogP contribution in [0.4, 0.5) is 51.2 Å². The second-order valence-corrected chi connectivity index (χ2v) is 37.0. The fourth-order valence-electron chi connectivity index (χ4n) is 19.2. The molecule has 0 radical (unpaired) electrons. The Hall–Kier alpha value is -13.6. The van der Waals surface area contributed by atoms with Crippen molar-refractivity contribution >= 4 is 140 Å². The zero-order valence-corrected chi connectivity index (χ0v) is 69.8. The molecule has 0 saturated carbocycles. The molecule has 0 unspecified atom stereocenters. The Morgan fingerprint density at radius 1 is 0.218 bits per heavy atom. The van der Waals surface area contributed by atoms with E-state index in [0.29, 0.717) is 0 Å². The fraction of sp³-hybridized carbons (Fsp3) is 0.143. The van der Waals surface area contributed by atoms with Gasteiger partial charge in [-0.25, -0.2) is 0 Å². The molecule has 7 heteroatoms. The summed E-state index contributed by atoms with van der Waals surface area (Å²) in [4.78, 5) is 7.83. The summed E-state index contributed by atoms with van der Waals surface area (Å²) in [6, 6.07) is 136. The van der Waals surface area contributed by atoms with Gasteiger partial charge in [0.2, 0.25) is 0 Å². The van der Waals surface area contributed by atoms with Crippen LogP contribution in [0, 0.1) is 0 Å². The lowest BCUT2D eigenvalue weighted by Gasteiger charge is -2.46. The van der Waals surface area contributed by atoms with Crippen LogP contribution < -0.4 is 31.1 Å². The Kier molecular flexibility index (Phi) is 16.9. The Morgan fingerprint density at radius 2 is 0.580 bits per heavy atom. The number of nitrogens with zero attached hydrogens (tertiary/aromatic N) is 6. The summed E-state index contributed by atoms with van der Waals surface area (Å²) in [5.74, 6) is 0. The smallest absolute Gasteiger partial charge is 0.252 e. The van der Waals surface area contributed by atoms with Gasteiger partial charge in [0.15, 0.2) is 0 Å². The van der Waals surface area contributed by atoms with Gasteiger partial charge in [-0.15, -0.1) is 0 Å². The van der Waals surface area contributed by atoms with Gasteiger partial charge in [-0.3, -0.25) is 0 Å². The first-order chi connectivity index (χ1) is 57.6. The number of benzene rings is 16. The molecule has 0 atom stereocenters. The fourth-order valence-corrected chi connectivity index (χ4v) is 19.2. The maximum absolute atomic E-state index is 2.68. The third kappa shape index (κ3) is 12.2. The Labute approximate surface area is 698 Å². The lowest BCUT2D eigenvalue weighted by atomic mass is 9.33. The summed E-state index contributed by atoms with van der Waals surface area (Å²) >= 11 is 0. The molecule has 0 amide bonds. The van der Waals surface area contributed by atoms with Crippen LogP contribution >= 0.6 is 0 Å². The molecule has 5 heterocycles. The van der Waals surface area contributed by atoms with Crippen LogP contribution in [0.15, 0.2) is 358 Å². The van der Waals surface area contributed by atoms with Crippen LogP contribution in [0.1, 0.15) is 105 Å². The molecule has 3 aromatic heterocycles. The van der Waals surface area contributed by atoms with E-state index in [1.54, 1.807) is 0 Å². The van der Waals surface area contributed by atoms with Crippen LogP contribution in [-0.2, 0) is 21.7 Å². The van der Waals surface area contributed by atoms with E-state index in [2.05, 4.69) is 469 Å². The van der Waals surface area contributed by atoms with Crippen molar-refractivity contribution in [1.82, 2.24) is 13.7 Å². The number of hydrogen-bond donors (Lipinski definition) is 0. The maximum atomic E-state index is 2.68. The molecule has 2 aliphatic rings. The van der Waals surface area contributed by atoms with Gasteiger partial charge in [-0.05, 0) is 252 Å². The normalized spacial score (nSPS) is 13.0. The molecule has 576 valence electrons. The Morgan fingerprint density at radius 3 is 1.03 bits per heavy atom. The Balaban J connectivity index is 0.852. The van der Waals surface area contributed by atoms with E-state index in [4.69, 9.17) is 0 Å². The third-order valence-electron chi connectivity index (χ3n) is 25.4. The molecule has 0 spiro atoms. The molecule has 0 aliphatic carbocycles. The van der Waals surface area contributed by atoms with E-state index in [1.807, 2.05) is 0 Å². The van der Waals surface area contributed by atoms with E-state index >= 15 is 0 Å². The average Bonchev–Trinajstić information content (AvgIpc) is 1.69. The first kappa shape index (κ1) is 73.0. The highest BCUT2D eigenvalue weighted by Crippen LogP contribution is 2.53. The quantitative estimate of drug-likeness (QED) is 0.121. The highest BCUT2D eigenvalue weighted by atomic mass is 15.2. The van der Waals surface area contributed by atoms with Crippen molar-refractivity contribution in [1.29, 1.82) is 0 Å². The van der Waals surface area contributed by atoms with Crippen molar-refractivity contribution in [3.8, 4) is 50.4 Å². The standard InChI is InChI=1S/C112H95BN6/c1-109(2,3)77-44-59-101(92(65-77)74-34-20-15-21-35-74)119-105-70-85(114(81-47-51-83(52-48-81)115-97-40-26-22-36-88(97)89-37-23-27-41-98(89)115)82-49-53-84(54-50-82)116-99-42-28-24-38-90(99)91-39-25-29-43-100(91)116)55-57-96(105)113-95-58-56-86(117-102-60-45-78(110(4,5)6)66-93(102)94-67-79(111(7,8)9)46-61-103(94)117)71-104(95)118(106-68-80(112(10,11)12)69-107(119)108(106)113)87-63-75(72-30-16-13-17-31-72)62-76(64-87)73-32-18-14-19-33-73/h13-71H,1-12H3. The SMILES string of the molecule is CC(C)(C)c1ccc(N2c3cc(N(c4ccc(-n5c6ccccc6c6ccccc65)cc4)c4ccc(-n5c6ccccc6c6ccccc65)cc4)ccc3B3c4ccc(-n5c6ccc(C(C)(C)C)cc6c6cc(C(C)(C)C)ccc65)cc4N(c4cc(-c5ccccc5)cc(-c5ccccc5)c4)c4cc(C(C)(C)C)cc2c43)c(-c2ccccc2)c1. The number of anilines is 9. The van der Waals surface area contributed by atoms with Crippen LogP contribution in [0.3, 0.4) is 0 Å². The third-order valence-corrected chi connectivity index (χ3v) is 25.4. The van der Waals surface area contributed by atoms with Gasteiger partial charge in [-0.2, -0.15) is 0 Å². The van der Waals surface area contributed by atoms with Crippen LogP contribution in [-0.4, -0.2) is 20.4 Å². The first-order valence-electron chi connectivity index (χ1n) is 42.2. The van der Waals surface area contributed by atoms with Crippen molar-refractivity contribution < 1.29 is 0 Å². The van der Waals surface area contributed by atoms with Gasteiger partial charge in [0.25, 0.3) is 6.71 Å². The van der Waals surface area contributed by atoms with E-state index in [1.165, 1.54) is 104 Å². The second-order valence-electron chi connectivity index (χ2n) is 37.0. The summed E-state index contributed by atoms with van der Waals surface area (Å²) < 4.78 is 7.40. The predicted molar refractivity (Wildman–Crippen MR) is 509 cm³/mol. The van der Waals surface area contributed by atoms with Crippen molar-refractivity contribution in [2.45, 2.75) is 105 Å². The molecule has 2 aliphatic heterocycles. The summed E-state index contributed by atoms with van der Waals surface area (Å²) in [6.07, 6.45) is 0. The molecular formula is C112H95BN6. The molecule has 21 rings (SSSR count). The molecule has 119 heavy (non-hydrogen) atoms. The van der Waals surface area contributed by atoms with Crippen molar-refractivity contribution in [3.05, 3.63) is 380 Å². The van der Waals surface area contributed by atoms with Crippen LogP contribution in [0.2, 0.25) is 0 Å². The lowest BCUT2D eigenvalue weighted by Crippen LogP contribution is -2.61. The molecular weight excluding hydrogens is 1440 g/mol. The molecule has 16 aromatic carbocycles. The zero-order chi connectivity index (χ0) is 81.1. The van der Waals surface area contributed by atoms with Gasteiger partial charge in [0.1, 0.15) is 0 Å². The van der Waals surface area contributed by atoms with Gasteiger partial charge in [-0.1, -0.05) is 277 Å². The van der Waals surface area contributed by atoms with Crippen LogP contribution in [0.25, 0.3) is 116 Å². The molecule has 0 bridgehead atoms. The number of fused-ring (bicyclic) bond motifs is 13. The molecule has 0 N–H and O–H groups in total. The minimum Gasteiger partial charge on any atom is -0.311 e. The summed E-state index contributed by atoms with van der Waals surface area (Å²) in [7, 11) is 0. The Bertz CT molecular complexity index is 6870. The van der Waals surface area contributed by atoms with Gasteiger partial charge in [0, 0.05) is 100 Å². The lowest BCUT2D eigenvalue weighted by molar-refractivity contribution is 0.590. The highest BCUT2D eigenvalue weighted by molar-refractivity contribution is 7.00. The van der Waals surface area contributed by atoms with Crippen molar-refractivity contribution in [3.63, 3.8) is 0 Å². The van der Waals surface area contributed by atoms with E-state index in [-0.39, 0.29) is 28.4 Å². The van der Waals surface area contributed by atoms with E-state index < -0.39 is 0 Å². The number of rotatable bonds is 11. The number of para-hydroxylation sites is 4. The summed E-state index contributed by atoms with van der Waals surface area (Å²) in [5.41, 5.74) is 35.3. The predicted octanol–water partition coefficient (Wildman–Crippen LogP) is 28.7. The minimum absolute atomic E-state index is 0.0623. The first-order valence-corrected chi connectivity index (χ1v) is 42.2. The largest absolute Gasteiger partial charge is 0.311 e. The summed E-state index contributed by atoms with van der Waals surface area (Å²) in [5, 5.41) is 7.46. The molecule has 0 saturated heterocycles. The second kappa shape index (κ2) is 27.5. The van der Waals surface area contributed by atoms with Gasteiger partial charge < -0.3 is 28.4 Å². The summed E-state index contributed by atoms with van der Waals surface area (Å²) in [6.45, 7) is 27.9. The average molecular weight is 1540 g/mol. The highest BCUT2D eigenvalue weighted by Gasteiger charge is 2.46. The van der Waals surface area contributed by atoms with Crippen LogP contribution in [0.5, 0.6) is 0 Å². The van der Waals surface area contributed by atoms with E-state index in [9.17, 15) is 0 Å². The van der Waals surface area contributed by atoms with Gasteiger partial charge >= 0.3 is 0 Å². The number of hydrogen-bond acceptors (Lipinski definition) is 3. The minimum atomic E-state index is -0.323. The monoisotopic (exact) mass is 1530 g/mol. The topological polar surface area (TPSA) is 24.5 Å². The molecule has 6 nitrogen and oxygen atoms in total.